The third-order valence-electron chi connectivity index (χ3n) is 2.06. The van der Waals surface area contributed by atoms with E-state index in [9.17, 15) is 0 Å². The van der Waals surface area contributed by atoms with Crippen LogP contribution in [-0.2, 0) is 6.54 Å². The molecule has 0 saturated heterocycles. The van der Waals surface area contributed by atoms with Crippen LogP contribution in [0.2, 0.25) is 0 Å². The van der Waals surface area contributed by atoms with E-state index in [0.717, 1.165) is 6.54 Å². The second kappa shape index (κ2) is 6.27. The Bertz CT molecular complexity index is 434. The van der Waals surface area contributed by atoms with Gasteiger partial charge in [0.1, 0.15) is 0 Å². The number of nitriles is 2. The quantitative estimate of drug-likeness (QED) is 0.719. The van der Waals surface area contributed by atoms with Crippen LogP contribution in [0.3, 0.4) is 0 Å². The molecule has 0 amide bonds. The van der Waals surface area contributed by atoms with Gasteiger partial charge in [0.2, 0.25) is 0 Å². The fraction of sp³-hybridized carbons (Fsp3) is 0.231. The molecule has 80 valence electrons. The molecule has 0 N–H and O–H groups in total. The molecular weight excluding hydrogens is 198 g/mol. The first kappa shape index (κ1) is 11.8. The average molecular weight is 211 g/mol. The number of allylic oxidation sites excluding steroid dienone is 1. The van der Waals surface area contributed by atoms with Crippen molar-refractivity contribution in [2.24, 2.45) is 0 Å². The van der Waals surface area contributed by atoms with E-state index < -0.39 is 0 Å². The number of hydrogen-bond donors (Lipinski definition) is 0. The van der Waals surface area contributed by atoms with Crippen molar-refractivity contribution in [3.63, 3.8) is 0 Å². The number of hydrogen-bond acceptors (Lipinski definition) is 3. The highest BCUT2D eigenvalue weighted by Crippen LogP contribution is 2.06. The van der Waals surface area contributed by atoms with Crippen LogP contribution in [0.5, 0.6) is 0 Å². The summed E-state index contributed by atoms with van der Waals surface area (Å²) in [4.78, 5) is 1.91. The molecule has 0 fully saturated rings. The van der Waals surface area contributed by atoms with Crippen LogP contribution in [-0.4, -0.2) is 11.9 Å². The van der Waals surface area contributed by atoms with E-state index in [1.165, 1.54) is 5.56 Å². The van der Waals surface area contributed by atoms with Gasteiger partial charge in [0.15, 0.2) is 0 Å². The van der Waals surface area contributed by atoms with Gasteiger partial charge in [0, 0.05) is 19.8 Å². The summed E-state index contributed by atoms with van der Waals surface area (Å²) in [5, 5.41) is 17.3. The molecule has 3 heteroatoms. The lowest BCUT2D eigenvalue weighted by atomic mass is 10.2. The van der Waals surface area contributed by atoms with Crippen LogP contribution in [0.4, 0.5) is 0 Å². The standard InChI is InChI=1S/C13H13N3/c1-16(11-13(9-15)7-8-14)10-12-5-3-2-4-6-12/h2-6,11H,7,10H2,1H3. The molecule has 1 aromatic rings. The van der Waals surface area contributed by atoms with E-state index in [1.807, 2.05) is 54.4 Å². The molecule has 0 aliphatic rings. The molecule has 1 rings (SSSR count). The Hall–Kier alpha value is -2.26. The van der Waals surface area contributed by atoms with E-state index in [1.54, 1.807) is 6.20 Å². The van der Waals surface area contributed by atoms with Gasteiger partial charge in [-0.2, -0.15) is 10.5 Å². The third-order valence-corrected chi connectivity index (χ3v) is 2.06. The molecule has 0 saturated carbocycles. The van der Waals surface area contributed by atoms with Crippen LogP contribution >= 0.6 is 0 Å². The minimum Gasteiger partial charge on any atom is -0.375 e. The molecular formula is C13H13N3. The Labute approximate surface area is 95.8 Å². The SMILES string of the molecule is CN(C=C(C#N)CC#N)Cc1ccccc1. The van der Waals surface area contributed by atoms with Crippen LogP contribution in [0.15, 0.2) is 42.1 Å². The van der Waals surface area contributed by atoms with Gasteiger partial charge in [-0.1, -0.05) is 30.3 Å². The van der Waals surface area contributed by atoms with E-state index in [4.69, 9.17) is 10.5 Å². The summed E-state index contributed by atoms with van der Waals surface area (Å²) < 4.78 is 0. The van der Waals surface area contributed by atoms with Crippen molar-refractivity contribution in [2.75, 3.05) is 7.05 Å². The Balaban J connectivity index is 2.64. The molecule has 0 atom stereocenters. The molecule has 0 aliphatic heterocycles. The number of rotatable bonds is 4. The maximum atomic E-state index is 8.78. The molecule has 0 radical (unpaired) electrons. The van der Waals surface area contributed by atoms with Gasteiger partial charge in [0.05, 0.1) is 24.1 Å². The molecule has 0 heterocycles. The van der Waals surface area contributed by atoms with E-state index in [2.05, 4.69) is 0 Å². The lowest BCUT2D eigenvalue weighted by molar-refractivity contribution is 0.448. The molecule has 16 heavy (non-hydrogen) atoms. The van der Waals surface area contributed by atoms with Gasteiger partial charge < -0.3 is 4.90 Å². The zero-order valence-corrected chi connectivity index (χ0v) is 9.22. The van der Waals surface area contributed by atoms with Crippen LogP contribution in [0.25, 0.3) is 0 Å². The van der Waals surface area contributed by atoms with Gasteiger partial charge in [0.25, 0.3) is 0 Å². The van der Waals surface area contributed by atoms with Crippen molar-refractivity contribution in [3.8, 4) is 12.1 Å². The Kier molecular flexibility index (Phi) is 4.63. The van der Waals surface area contributed by atoms with E-state index >= 15 is 0 Å². The topological polar surface area (TPSA) is 50.8 Å². The zero-order valence-electron chi connectivity index (χ0n) is 9.22. The summed E-state index contributed by atoms with van der Waals surface area (Å²) in [6.07, 6.45) is 1.88. The zero-order chi connectivity index (χ0) is 11.8. The minimum absolute atomic E-state index is 0.162. The van der Waals surface area contributed by atoms with Crippen molar-refractivity contribution in [1.82, 2.24) is 4.90 Å². The highest BCUT2D eigenvalue weighted by molar-refractivity contribution is 5.24. The number of benzene rings is 1. The highest BCUT2D eigenvalue weighted by atomic mass is 15.1. The summed E-state index contributed by atoms with van der Waals surface area (Å²) in [6, 6.07) is 14.0. The van der Waals surface area contributed by atoms with Crippen LogP contribution in [0, 0.1) is 22.7 Å². The lowest BCUT2D eigenvalue weighted by Crippen LogP contribution is -2.10. The van der Waals surface area contributed by atoms with E-state index in [-0.39, 0.29) is 6.42 Å². The summed E-state index contributed by atoms with van der Waals surface area (Å²) in [5.74, 6) is 0. The number of nitrogens with zero attached hydrogens (tertiary/aromatic N) is 3. The molecule has 0 aliphatic carbocycles. The van der Waals surface area contributed by atoms with Gasteiger partial charge >= 0.3 is 0 Å². The largest absolute Gasteiger partial charge is 0.375 e. The van der Waals surface area contributed by atoms with Crippen molar-refractivity contribution in [3.05, 3.63) is 47.7 Å². The van der Waals surface area contributed by atoms with Crippen molar-refractivity contribution in [2.45, 2.75) is 13.0 Å². The Morgan fingerprint density at radius 3 is 2.56 bits per heavy atom. The molecule has 0 bridgehead atoms. The predicted octanol–water partition coefficient (Wildman–Crippen LogP) is 2.44. The third kappa shape index (κ3) is 3.86. The summed E-state index contributed by atoms with van der Waals surface area (Å²) in [7, 11) is 1.89. The second-order valence-electron chi connectivity index (χ2n) is 3.50. The van der Waals surface area contributed by atoms with Crippen molar-refractivity contribution in [1.29, 1.82) is 10.5 Å². The molecule has 0 aromatic heterocycles. The maximum Gasteiger partial charge on any atom is 0.0973 e. The first-order valence-corrected chi connectivity index (χ1v) is 4.98. The Morgan fingerprint density at radius 2 is 2.00 bits per heavy atom. The molecule has 0 unspecified atom stereocenters. The van der Waals surface area contributed by atoms with E-state index in [0.29, 0.717) is 5.57 Å². The fourth-order valence-electron chi connectivity index (χ4n) is 1.38. The van der Waals surface area contributed by atoms with Gasteiger partial charge in [-0.25, -0.2) is 0 Å². The first-order chi connectivity index (χ1) is 7.76. The van der Waals surface area contributed by atoms with Crippen LogP contribution < -0.4 is 0 Å². The summed E-state index contributed by atoms with van der Waals surface area (Å²) in [5.41, 5.74) is 1.66. The average Bonchev–Trinajstić information content (AvgIpc) is 2.29. The summed E-state index contributed by atoms with van der Waals surface area (Å²) >= 11 is 0. The van der Waals surface area contributed by atoms with Gasteiger partial charge in [-0.3, -0.25) is 0 Å². The van der Waals surface area contributed by atoms with Gasteiger partial charge in [-0.15, -0.1) is 0 Å². The summed E-state index contributed by atoms with van der Waals surface area (Å²) in [6.45, 7) is 0.734. The van der Waals surface area contributed by atoms with Crippen molar-refractivity contribution < 1.29 is 0 Å². The fourth-order valence-corrected chi connectivity index (χ4v) is 1.38. The molecule has 3 nitrogen and oxygen atoms in total. The first-order valence-electron chi connectivity index (χ1n) is 4.98. The maximum absolute atomic E-state index is 8.78. The lowest BCUT2D eigenvalue weighted by Gasteiger charge is -2.14. The molecule has 0 spiro atoms. The van der Waals surface area contributed by atoms with Crippen molar-refractivity contribution >= 4 is 0 Å². The Morgan fingerprint density at radius 1 is 1.31 bits per heavy atom. The minimum atomic E-state index is 0.162. The smallest absolute Gasteiger partial charge is 0.0973 e. The highest BCUT2D eigenvalue weighted by Gasteiger charge is 1.98. The normalized spacial score (nSPS) is 10.3. The second-order valence-corrected chi connectivity index (χ2v) is 3.50. The predicted molar refractivity (Wildman–Crippen MR) is 61.8 cm³/mol. The van der Waals surface area contributed by atoms with Crippen LogP contribution in [0.1, 0.15) is 12.0 Å². The molecule has 1 aromatic carbocycles. The van der Waals surface area contributed by atoms with Gasteiger partial charge in [-0.05, 0) is 5.56 Å². The monoisotopic (exact) mass is 211 g/mol.